The zero-order chi connectivity index (χ0) is 15.1. The molecule has 2 N–H and O–H groups in total. The van der Waals surface area contributed by atoms with E-state index in [4.69, 9.17) is 11.6 Å². The number of halogens is 1. The second-order valence-electron chi connectivity index (χ2n) is 5.71. The van der Waals surface area contributed by atoms with Crippen LogP contribution in [0.5, 0.6) is 0 Å². The van der Waals surface area contributed by atoms with Crippen molar-refractivity contribution in [3.8, 4) is 11.3 Å². The molecule has 2 aromatic heterocycles. The average molecular weight is 307 g/mol. The lowest BCUT2D eigenvalue weighted by Gasteiger charge is -2.07. The lowest BCUT2D eigenvalue weighted by atomic mass is 10.0. The smallest absolute Gasteiger partial charge is 0.313 e. The average Bonchev–Trinajstić information content (AvgIpc) is 3.20. The van der Waals surface area contributed by atoms with Crippen molar-refractivity contribution in [2.24, 2.45) is 11.8 Å². The molecular formula is C14H15ClN4O2. The molecule has 2 atom stereocenters. The fourth-order valence-corrected chi connectivity index (χ4v) is 2.92. The van der Waals surface area contributed by atoms with Crippen LogP contribution in [-0.4, -0.2) is 20.2 Å². The second-order valence-corrected chi connectivity index (χ2v) is 6.07. The van der Waals surface area contributed by atoms with E-state index in [-0.39, 0.29) is 5.56 Å². The molecule has 3 rings (SSSR count). The molecule has 0 bridgehead atoms. The Bertz CT molecular complexity index is 796. The molecule has 1 saturated carbocycles. The molecule has 0 saturated heterocycles. The quantitative estimate of drug-likeness (QED) is 0.906. The molecule has 1 aliphatic carbocycles. The molecule has 0 radical (unpaired) electrons. The van der Waals surface area contributed by atoms with Crippen LogP contribution in [0, 0.1) is 11.8 Å². The van der Waals surface area contributed by atoms with Crippen LogP contribution in [0.2, 0.25) is 5.15 Å². The van der Waals surface area contributed by atoms with E-state index in [2.05, 4.69) is 34.0 Å². The molecule has 0 aliphatic heterocycles. The molecule has 21 heavy (non-hydrogen) atoms. The third-order valence-electron chi connectivity index (χ3n) is 3.97. The minimum atomic E-state index is -0.548. The van der Waals surface area contributed by atoms with Gasteiger partial charge in [0, 0.05) is 6.20 Å². The Kier molecular flexibility index (Phi) is 3.41. The number of H-pyrrole nitrogens is 2. The van der Waals surface area contributed by atoms with Crippen molar-refractivity contribution in [1.29, 1.82) is 0 Å². The maximum Gasteiger partial charge on any atom is 0.325 e. The van der Waals surface area contributed by atoms with Gasteiger partial charge in [-0.3, -0.25) is 9.78 Å². The monoisotopic (exact) mass is 306 g/mol. The summed E-state index contributed by atoms with van der Waals surface area (Å²) in [4.78, 5) is 27.5. The standard InChI is InChI=1S/C14H15ClN4O2/c1-6(2)7-3-8(7)9-4-11(18-19-12(9)15)10-5-16-14(21)17-13(10)20/h4-8H,3H2,1-2H3,(H2,16,17,20,21)/t7-,8+/m1/s1. The van der Waals surface area contributed by atoms with Crippen LogP contribution in [0.3, 0.4) is 0 Å². The van der Waals surface area contributed by atoms with Gasteiger partial charge in [-0.05, 0) is 35.8 Å². The van der Waals surface area contributed by atoms with Crippen LogP contribution < -0.4 is 11.2 Å². The molecule has 1 fully saturated rings. The first kappa shape index (κ1) is 14.0. The third kappa shape index (κ3) is 2.63. The Hall–Kier alpha value is -1.95. The highest BCUT2D eigenvalue weighted by molar-refractivity contribution is 6.30. The lowest BCUT2D eigenvalue weighted by molar-refractivity contribution is 0.548. The van der Waals surface area contributed by atoms with Crippen molar-refractivity contribution in [3.05, 3.63) is 43.8 Å². The number of aromatic nitrogens is 4. The highest BCUT2D eigenvalue weighted by Crippen LogP contribution is 2.53. The molecule has 0 amide bonds. The van der Waals surface area contributed by atoms with E-state index in [0.717, 1.165) is 12.0 Å². The van der Waals surface area contributed by atoms with Crippen LogP contribution >= 0.6 is 11.6 Å². The summed E-state index contributed by atoms with van der Waals surface area (Å²) in [7, 11) is 0. The maximum atomic E-state index is 11.8. The second kappa shape index (κ2) is 5.11. The molecule has 2 heterocycles. The number of nitrogens with one attached hydrogen (secondary N) is 2. The van der Waals surface area contributed by atoms with Crippen LogP contribution in [0.1, 0.15) is 31.7 Å². The fraction of sp³-hybridized carbons (Fsp3) is 0.429. The van der Waals surface area contributed by atoms with Gasteiger partial charge in [-0.25, -0.2) is 4.79 Å². The van der Waals surface area contributed by atoms with E-state index >= 15 is 0 Å². The Morgan fingerprint density at radius 3 is 2.71 bits per heavy atom. The van der Waals surface area contributed by atoms with Gasteiger partial charge >= 0.3 is 5.69 Å². The van der Waals surface area contributed by atoms with Crippen LogP contribution in [0.4, 0.5) is 0 Å². The van der Waals surface area contributed by atoms with Gasteiger partial charge in [0.2, 0.25) is 0 Å². The highest BCUT2D eigenvalue weighted by atomic mass is 35.5. The molecule has 2 aromatic rings. The van der Waals surface area contributed by atoms with E-state index in [0.29, 0.717) is 28.6 Å². The lowest BCUT2D eigenvalue weighted by Crippen LogP contribution is -2.23. The predicted molar refractivity (Wildman–Crippen MR) is 79.4 cm³/mol. The fourth-order valence-electron chi connectivity index (χ4n) is 2.69. The van der Waals surface area contributed by atoms with Crippen LogP contribution in [0.15, 0.2) is 21.9 Å². The number of nitrogens with zero attached hydrogens (tertiary/aromatic N) is 2. The predicted octanol–water partition coefficient (Wildman–Crippen LogP) is 1.93. The topological polar surface area (TPSA) is 91.5 Å². The zero-order valence-corrected chi connectivity index (χ0v) is 12.4. The minimum absolute atomic E-state index is 0.279. The van der Waals surface area contributed by atoms with Gasteiger partial charge in [0.25, 0.3) is 5.56 Å². The molecule has 0 spiro atoms. The summed E-state index contributed by atoms with van der Waals surface area (Å²) in [5, 5.41) is 8.28. The van der Waals surface area contributed by atoms with E-state index < -0.39 is 11.2 Å². The Morgan fingerprint density at radius 2 is 2.10 bits per heavy atom. The Labute approximate surface area is 125 Å². The van der Waals surface area contributed by atoms with Gasteiger partial charge in [0.05, 0.1) is 5.56 Å². The van der Waals surface area contributed by atoms with Gasteiger partial charge in [-0.2, -0.15) is 0 Å². The number of hydrogen-bond donors (Lipinski definition) is 2. The molecule has 7 heteroatoms. The number of aromatic amines is 2. The summed E-state index contributed by atoms with van der Waals surface area (Å²) in [6.07, 6.45) is 2.42. The van der Waals surface area contributed by atoms with Crippen molar-refractivity contribution in [1.82, 2.24) is 20.2 Å². The molecular weight excluding hydrogens is 292 g/mol. The summed E-state index contributed by atoms with van der Waals surface area (Å²) in [6.45, 7) is 4.36. The number of rotatable bonds is 3. The summed E-state index contributed by atoms with van der Waals surface area (Å²) in [5.41, 5.74) is 0.583. The SMILES string of the molecule is CC(C)[C@H]1C[C@@H]1c1cc(-c2c[nH]c(=O)[nH]c2=O)nnc1Cl. The third-order valence-corrected chi connectivity index (χ3v) is 4.26. The maximum absolute atomic E-state index is 11.8. The van der Waals surface area contributed by atoms with Gasteiger partial charge in [-0.1, -0.05) is 25.4 Å². The highest BCUT2D eigenvalue weighted by Gasteiger charge is 2.42. The van der Waals surface area contributed by atoms with E-state index in [1.165, 1.54) is 6.20 Å². The molecule has 6 nitrogen and oxygen atoms in total. The molecule has 0 unspecified atom stereocenters. The van der Waals surface area contributed by atoms with Gasteiger partial charge in [0.1, 0.15) is 5.69 Å². The first-order chi connectivity index (χ1) is 9.97. The van der Waals surface area contributed by atoms with Crippen molar-refractivity contribution in [3.63, 3.8) is 0 Å². The summed E-state index contributed by atoms with van der Waals surface area (Å²) < 4.78 is 0. The summed E-state index contributed by atoms with van der Waals surface area (Å²) in [5.74, 6) is 1.54. The Balaban J connectivity index is 2.02. The normalized spacial score (nSPS) is 20.8. The summed E-state index contributed by atoms with van der Waals surface area (Å²) in [6, 6.07) is 1.80. The van der Waals surface area contributed by atoms with Gasteiger partial charge in [-0.15, -0.1) is 10.2 Å². The minimum Gasteiger partial charge on any atom is -0.313 e. The zero-order valence-electron chi connectivity index (χ0n) is 11.7. The van der Waals surface area contributed by atoms with Crippen molar-refractivity contribution >= 4 is 11.6 Å². The molecule has 110 valence electrons. The van der Waals surface area contributed by atoms with Crippen molar-refractivity contribution < 1.29 is 0 Å². The van der Waals surface area contributed by atoms with E-state index in [9.17, 15) is 9.59 Å². The first-order valence-corrected chi connectivity index (χ1v) is 7.20. The van der Waals surface area contributed by atoms with E-state index in [1.807, 2.05) is 0 Å². The van der Waals surface area contributed by atoms with Crippen LogP contribution in [-0.2, 0) is 0 Å². The van der Waals surface area contributed by atoms with E-state index in [1.54, 1.807) is 6.07 Å². The summed E-state index contributed by atoms with van der Waals surface area (Å²) >= 11 is 6.14. The van der Waals surface area contributed by atoms with Gasteiger partial charge in [0.15, 0.2) is 5.15 Å². The first-order valence-electron chi connectivity index (χ1n) is 6.83. The molecule has 0 aromatic carbocycles. The Morgan fingerprint density at radius 1 is 1.33 bits per heavy atom. The molecule has 1 aliphatic rings. The van der Waals surface area contributed by atoms with Gasteiger partial charge < -0.3 is 4.98 Å². The van der Waals surface area contributed by atoms with Crippen LogP contribution in [0.25, 0.3) is 11.3 Å². The van der Waals surface area contributed by atoms with Crippen molar-refractivity contribution in [2.75, 3.05) is 0 Å². The van der Waals surface area contributed by atoms with Crippen molar-refractivity contribution in [2.45, 2.75) is 26.2 Å². The largest absolute Gasteiger partial charge is 0.325 e. The number of hydrogen-bond acceptors (Lipinski definition) is 4.